The number of carbonyl (C=O) groups is 2. The van der Waals surface area contributed by atoms with Gasteiger partial charge in [-0.3, -0.25) is 9.59 Å². The van der Waals surface area contributed by atoms with Crippen LogP contribution in [0.25, 0.3) is 0 Å². The summed E-state index contributed by atoms with van der Waals surface area (Å²) < 4.78 is 13.7. The summed E-state index contributed by atoms with van der Waals surface area (Å²) in [5.74, 6) is -1.68. The molecule has 3 aromatic rings. The van der Waals surface area contributed by atoms with Crippen molar-refractivity contribution in [3.63, 3.8) is 0 Å². The van der Waals surface area contributed by atoms with Gasteiger partial charge >= 0.3 is 0 Å². The number of anilines is 1. The maximum absolute atomic E-state index is 13.7. The van der Waals surface area contributed by atoms with Crippen molar-refractivity contribution in [1.29, 1.82) is 0 Å². The first-order valence-corrected chi connectivity index (χ1v) is 9.57. The van der Waals surface area contributed by atoms with E-state index in [0.717, 1.165) is 0 Å². The summed E-state index contributed by atoms with van der Waals surface area (Å²) in [5.41, 5.74) is 4.15. The molecular formula is C22H16Cl2FN3O2. The zero-order chi connectivity index (χ0) is 21.7. The van der Waals surface area contributed by atoms with Gasteiger partial charge in [-0.2, -0.15) is 5.10 Å². The number of rotatable bonds is 5. The van der Waals surface area contributed by atoms with E-state index in [2.05, 4.69) is 15.8 Å². The van der Waals surface area contributed by atoms with Crippen LogP contribution in [0.5, 0.6) is 0 Å². The lowest BCUT2D eigenvalue weighted by Gasteiger charge is -2.09. The van der Waals surface area contributed by atoms with Gasteiger partial charge in [-0.05, 0) is 55.0 Å². The fourth-order valence-corrected chi connectivity index (χ4v) is 3.09. The Hall–Kier alpha value is -3.22. The molecule has 5 nitrogen and oxygen atoms in total. The number of hydrogen-bond donors (Lipinski definition) is 2. The van der Waals surface area contributed by atoms with Crippen LogP contribution in [0, 0.1) is 5.82 Å². The zero-order valence-corrected chi connectivity index (χ0v) is 17.3. The van der Waals surface area contributed by atoms with Gasteiger partial charge in [0.05, 0.1) is 21.9 Å². The topological polar surface area (TPSA) is 70.6 Å². The van der Waals surface area contributed by atoms with Gasteiger partial charge in [0.2, 0.25) is 0 Å². The average Bonchev–Trinajstić information content (AvgIpc) is 2.72. The number of benzene rings is 3. The van der Waals surface area contributed by atoms with Gasteiger partial charge in [0.15, 0.2) is 0 Å². The molecule has 0 aliphatic carbocycles. The lowest BCUT2D eigenvalue weighted by Crippen LogP contribution is -2.20. The summed E-state index contributed by atoms with van der Waals surface area (Å²) in [7, 11) is 0. The summed E-state index contributed by atoms with van der Waals surface area (Å²) in [4.78, 5) is 24.6. The molecule has 0 heterocycles. The summed E-state index contributed by atoms with van der Waals surface area (Å²) in [6, 6.07) is 17.1. The Labute approximate surface area is 182 Å². The Morgan fingerprint density at radius 3 is 2.40 bits per heavy atom. The van der Waals surface area contributed by atoms with Crippen LogP contribution in [-0.4, -0.2) is 17.5 Å². The number of halogens is 3. The van der Waals surface area contributed by atoms with Crippen molar-refractivity contribution in [2.24, 2.45) is 5.10 Å². The molecule has 3 aromatic carbocycles. The fourth-order valence-electron chi connectivity index (χ4n) is 2.60. The molecule has 0 saturated carbocycles. The van der Waals surface area contributed by atoms with Gasteiger partial charge in [0.25, 0.3) is 11.8 Å². The van der Waals surface area contributed by atoms with E-state index in [-0.39, 0.29) is 16.1 Å². The highest BCUT2D eigenvalue weighted by molar-refractivity contribution is 6.37. The molecule has 0 aliphatic rings. The van der Waals surface area contributed by atoms with Crippen molar-refractivity contribution in [2.75, 3.05) is 5.32 Å². The predicted octanol–water partition coefficient (Wildman–Crippen LogP) is 5.54. The summed E-state index contributed by atoms with van der Waals surface area (Å²) in [6.45, 7) is 1.68. The van der Waals surface area contributed by atoms with Crippen molar-refractivity contribution in [2.45, 2.75) is 6.92 Å². The first kappa shape index (κ1) is 21.5. The molecule has 0 unspecified atom stereocenters. The molecule has 0 radical (unpaired) electrons. The number of amides is 2. The minimum atomic E-state index is -0.658. The second kappa shape index (κ2) is 9.52. The van der Waals surface area contributed by atoms with E-state index in [1.807, 2.05) is 0 Å². The van der Waals surface area contributed by atoms with Crippen LogP contribution in [0.3, 0.4) is 0 Å². The Morgan fingerprint density at radius 1 is 0.900 bits per heavy atom. The second-order valence-corrected chi connectivity index (χ2v) is 7.12. The Bertz CT molecular complexity index is 1150. The number of nitrogens with one attached hydrogen (secondary N) is 2. The smallest absolute Gasteiger partial charge is 0.274 e. The van der Waals surface area contributed by atoms with E-state index >= 15 is 0 Å². The van der Waals surface area contributed by atoms with Gasteiger partial charge < -0.3 is 5.32 Å². The minimum Gasteiger partial charge on any atom is -0.322 e. The van der Waals surface area contributed by atoms with E-state index in [1.165, 1.54) is 30.3 Å². The summed E-state index contributed by atoms with van der Waals surface area (Å²) >= 11 is 11.9. The van der Waals surface area contributed by atoms with Gasteiger partial charge in [-0.1, -0.05) is 47.5 Å². The van der Waals surface area contributed by atoms with Crippen LogP contribution < -0.4 is 10.7 Å². The predicted molar refractivity (Wildman–Crippen MR) is 117 cm³/mol. The molecule has 3 rings (SSSR count). The molecule has 8 heteroatoms. The average molecular weight is 444 g/mol. The molecule has 0 spiro atoms. The fraction of sp³-hybridized carbons (Fsp3) is 0.0455. The first-order valence-electron chi connectivity index (χ1n) is 8.81. The van der Waals surface area contributed by atoms with Gasteiger partial charge in [0.1, 0.15) is 5.82 Å². The molecular weight excluding hydrogens is 428 g/mol. The van der Waals surface area contributed by atoms with Crippen LogP contribution in [0.2, 0.25) is 10.0 Å². The van der Waals surface area contributed by atoms with Gasteiger partial charge in [0, 0.05) is 10.7 Å². The van der Waals surface area contributed by atoms with Crippen LogP contribution in [0.1, 0.15) is 33.2 Å². The number of carbonyl (C=O) groups excluding carboxylic acids is 2. The largest absolute Gasteiger partial charge is 0.322 e. The monoisotopic (exact) mass is 443 g/mol. The lowest BCUT2D eigenvalue weighted by atomic mass is 10.1. The highest BCUT2D eigenvalue weighted by Gasteiger charge is 2.12. The Kier molecular flexibility index (Phi) is 6.82. The van der Waals surface area contributed by atoms with E-state index in [9.17, 15) is 14.0 Å². The van der Waals surface area contributed by atoms with Crippen molar-refractivity contribution in [3.05, 3.63) is 99.3 Å². The molecule has 2 amide bonds. The molecule has 0 fully saturated rings. The molecule has 152 valence electrons. The maximum atomic E-state index is 13.7. The molecule has 30 heavy (non-hydrogen) atoms. The van der Waals surface area contributed by atoms with E-state index < -0.39 is 17.6 Å². The number of hydrazone groups is 1. The molecule has 0 aliphatic heterocycles. The quantitative estimate of drug-likeness (QED) is 0.401. The third-order valence-electron chi connectivity index (χ3n) is 4.16. The van der Waals surface area contributed by atoms with Crippen molar-refractivity contribution in [1.82, 2.24) is 5.43 Å². The first-order chi connectivity index (χ1) is 14.3. The Morgan fingerprint density at radius 2 is 1.67 bits per heavy atom. The normalized spacial score (nSPS) is 11.1. The van der Waals surface area contributed by atoms with E-state index in [0.29, 0.717) is 22.0 Å². The third-order valence-corrected chi connectivity index (χ3v) is 4.71. The zero-order valence-electron chi connectivity index (χ0n) is 15.7. The lowest BCUT2D eigenvalue weighted by molar-refractivity contribution is 0.0950. The molecule has 2 N–H and O–H groups in total. The number of hydrogen-bond acceptors (Lipinski definition) is 3. The SMILES string of the molecule is CC(=NNC(=O)c1ccccc1F)c1cccc(NC(=O)c2ccc(Cl)cc2Cl)c1. The summed E-state index contributed by atoms with van der Waals surface area (Å²) in [5, 5.41) is 7.44. The van der Waals surface area contributed by atoms with Crippen LogP contribution in [0.15, 0.2) is 71.8 Å². The second-order valence-electron chi connectivity index (χ2n) is 6.28. The van der Waals surface area contributed by atoms with E-state index in [1.54, 1.807) is 43.3 Å². The molecule has 0 saturated heterocycles. The standard InChI is InChI=1S/C22H16Cl2FN3O2/c1-13(27-28-22(30)18-7-2-3-8-20(18)25)14-5-4-6-16(11-14)26-21(29)17-10-9-15(23)12-19(17)24/h2-12H,1H3,(H,26,29)(H,28,30). The molecule has 0 atom stereocenters. The highest BCUT2D eigenvalue weighted by atomic mass is 35.5. The minimum absolute atomic E-state index is 0.102. The summed E-state index contributed by atoms with van der Waals surface area (Å²) in [6.07, 6.45) is 0. The van der Waals surface area contributed by atoms with Gasteiger partial charge in [-0.15, -0.1) is 0 Å². The van der Waals surface area contributed by atoms with Crippen molar-refractivity contribution < 1.29 is 14.0 Å². The highest BCUT2D eigenvalue weighted by Crippen LogP contribution is 2.22. The van der Waals surface area contributed by atoms with Crippen LogP contribution in [-0.2, 0) is 0 Å². The van der Waals surface area contributed by atoms with Gasteiger partial charge in [-0.25, -0.2) is 9.82 Å². The number of nitrogens with zero attached hydrogens (tertiary/aromatic N) is 1. The third kappa shape index (κ3) is 5.23. The molecule has 0 bridgehead atoms. The van der Waals surface area contributed by atoms with E-state index in [4.69, 9.17) is 23.2 Å². The van der Waals surface area contributed by atoms with Crippen LogP contribution in [0.4, 0.5) is 10.1 Å². The van der Waals surface area contributed by atoms with Crippen molar-refractivity contribution in [3.8, 4) is 0 Å². The maximum Gasteiger partial charge on any atom is 0.274 e. The Balaban J connectivity index is 1.72. The van der Waals surface area contributed by atoms with Crippen molar-refractivity contribution >= 4 is 46.4 Å². The van der Waals surface area contributed by atoms with Crippen LogP contribution >= 0.6 is 23.2 Å². The molecule has 0 aromatic heterocycles.